The summed E-state index contributed by atoms with van der Waals surface area (Å²) in [6.07, 6.45) is 2.34. The lowest BCUT2D eigenvalue weighted by molar-refractivity contribution is 0.126. The van der Waals surface area contributed by atoms with Crippen LogP contribution in [0.3, 0.4) is 0 Å². The lowest BCUT2D eigenvalue weighted by atomic mass is 10.4. The average Bonchev–Trinajstić information content (AvgIpc) is 2.96. The van der Waals surface area contributed by atoms with E-state index in [-0.39, 0.29) is 5.28 Å². The van der Waals surface area contributed by atoms with Gasteiger partial charge in [0.05, 0.1) is 13.2 Å². The van der Waals surface area contributed by atoms with E-state index in [1.54, 1.807) is 0 Å². The number of nitrogens with zero attached hydrogens (tertiary/aromatic N) is 5. The summed E-state index contributed by atoms with van der Waals surface area (Å²) < 4.78 is 5.51. The van der Waals surface area contributed by atoms with Gasteiger partial charge in [-0.25, -0.2) is 0 Å². The topological polar surface area (TPSA) is 66.4 Å². The highest BCUT2D eigenvalue weighted by Gasteiger charge is 2.16. The van der Waals surface area contributed by atoms with Crippen molar-refractivity contribution in [3.05, 3.63) is 5.28 Å². The van der Waals surface area contributed by atoms with Gasteiger partial charge in [-0.15, -0.1) is 0 Å². The third-order valence-corrected chi connectivity index (χ3v) is 3.37. The fourth-order valence-corrected chi connectivity index (χ4v) is 2.22. The first-order valence-electron chi connectivity index (χ1n) is 7.28. The van der Waals surface area contributed by atoms with Gasteiger partial charge in [0.2, 0.25) is 17.2 Å². The highest BCUT2D eigenvalue weighted by molar-refractivity contribution is 6.28. The Morgan fingerprint density at radius 2 is 1.95 bits per heavy atom. The van der Waals surface area contributed by atoms with Gasteiger partial charge < -0.3 is 19.9 Å². The predicted octanol–water partition coefficient (Wildman–Crippen LogP) is 1.12. The summed E-state index contributed by atoms with van der Waals surface area (Å²) in [7, 11) is 4.04. The van der Waals surface area contributed by atoms with Crippen molar-refractivity contribution in [2.75, 3.05) is 63.7 Å². The highest BCUT2D eigenvalue weighted by Crippen LogP contribution is 2.18. The van der Waals surface area contributed by atoms with Gasteiger partial charge >= 0.3 is 0 Å². The minimum Gasteiger partial charge on any atom is -0.378 e. The van der Waals surface area contributed by atoms with Crippen molar-refractivity contribution in [3.63, 3.8) is 0 Å². The second-order valence-corrected chi connectivity index (χ2v) is 5.60. The average molecular weight is 315 g/mol. The van der Waals surface area contributed by atoms with Crippen LogP contribution in [0.1, 0.15) is 12.8 Å². The molecule has 21 heavy (non-hydrogen) atoms. The number of anilines is 2. The lowest BCUT2D eigenvalue weighted by Gasteiger charge is -2.15. The van der Waals surface area contributed by atoms with Gasteiger partial charge in [0.1, 0.15) is 0 Å². The Kier molecular flexibility index (Phi) is 6.41. The molecule has 0 unspecified atom stereocenters. The molecular weight excluding hydrogens is 292 g/mol. The summed E-state index contributed by atoms with van der Waals surface area (Å²) in [5, 5.41) is 3.35. The van der Waals surface area contributed by atoms with E-state index >= 15 is 0 Å². The summed E-state index contributed by atoms with van der Waals surface area (Å²) in [5.41, 5.74) is 0. The van der Waals surface area contributed by atoms with E-state index in [1.165, 1.54) is 12.8 Å². The molecule has 0 atom stereocenters. The van der Waals surface area contributed by atoms with Gasteiger partial charge in [-0.05, 0) is 38.5 Å². The van der Waals surface area contributed by atoms with E-state index in [4.69, 9.17) is 16.3 Å². The van der Waals surface area contributed by atoms with E-state index in [2.05, 4.69) is 30.1 Å². The molecular formula is C13H23ClN6O. The van der Waals surface area contributed by atoms with Crippen molar-refractivity contribution in [3.8, 4) is 0 Å². The van der Waals surface area contributed by atoms with Crippen molar-refractivity contribution in [1.82, 2.24) is 19.9 Å². The molecule has 2 heterocycles. The monoisotopic (exact) mass is 314 g/mol. The number of nitrogens with one attached hydrogen (secondary N) is 1. The predicted molar refractivity (Wildman–Crippen MR) is 84.1 cm³/mol. The summed E-state index contributed by atoms with van der Waals surface area (Å²) in [4.78, 5) is 16.9. The van der Waals surface area contributed by atoms with Crippen LogP contribution >= 0.6 is 11.6 Å². The van der Waals surface area contributed by atoms with Crippen LogP contribution in [0.2, 0.25) is 5.28 Å². The molecule has 1 aliphatic heterocycles. The molecule has 118 valence electrons. The Labute approximate surface area is 130 Å². The maximum absolute atomic E-state index is 5.96. The Morgan fingerprint density at radius 3 is 2.67 bits per heavy atom. The summed E-state index contributed by atoms with van der Waals surface area (Å²) in [6.45, 7) is 4.84. The first-order chi connectivity index (χ1) is 10.1. The minimum absolute atomic E-state index is 0.225. The van der Waals surface area contributed by atoms with Crippen LogP contribution < -0.4 is 10.2 Å². The SMILES string of the molecule is CN(C)CCOCCNc1nc(Cl)nc(N2CCCC2)n1. The van der Waals surface area contributed by atoms with E-state index in [0.717, 1.165) is 19.6 Å². The molecule has 1 fully saturated rings. The lowest BCUT2D eigenvalue weighted by Crippen LogP contribution is -2.22. The molecule has 0 radical (unpaired) electrons. The molecule has 1 saturated heterocycles. The molecule has 0 aliphatic carbocycles. The maximum Gasteiger partial charge on any atom is 0.231 e. The van der Waals surface area contributed by atoms with Crippen molar-refractivity contribution >= 4 is 23.5 Å². The molecule has 0 saturated carbocycles. The fourth-order valence-electron chi connectivity index (χ4n) is 2.06. The number of likely N-dealkylation sites (N-methyl/N-ethyl adjacent to an activating group) is 1. The zero-order valence-electron chi connectivity index (χ0n) is 12.7. The van der Waals surface area contributed by atoms with Crippen LogP contribution in [-0.4, -0.2) is 73.3 Å². The first kappa shape index (κ1) is 16.2. The van der Waals surface area contributed by atoms with Crippen LogP contribution in [0.4, 0.5) is 11.9 Å². The molecule has 8 heteroatoms. The number of aromatic nitrogens is 3. The van der Waals surface area contributed by atoms with Crippen LogP contribution in [0.15, 0.2) is 0 Å². The van der Waals surface area contributed by atoms with Crippen LogP contribution in [0.25, 0.3) is 0 Å². The molecule has 0 bridgehead atoms. The van der Waals surface area contributed by atoms with Gasteiger partial charge in [0, 0.05) is 26.2 Å². The van der Waals surface area contributed by atoms with E-state index in [1.807, 2.05) is 14.1 Å². The van der Waals surface area contributed by atoms with Gasteiger partial charge in [-0.2, -0.15) is 15.0 Å². The highest BCUT2D eigenvalue weighted by atomic mass is 35.5. The third-order valence-electron chi connectivity index (χ3n) is 3.20. The molecule has 1 aromatic rings. The van der Waals surface area contributed by atoms with Gasteiger partial charge in [-0.1, -0.05) is 0 Å². The second-order valence-electron chi connectivity index (χ2n) is 5.26. The molecule has 1 aliphatic rings. The van der Waals surface area contributed by atoms with E-state index in [9.17, 15) is 0 Å². The molecule has 2 rings (SSSR count). The zero-order valence-corrected chi connectivity index (χ0v) is 13.4. The largest absolute Gasteiger partial charge is 0.378 e. The summed E-state index contributed by atoms with van der Waals surface area (Å²) >= 11 is 5.96. The number of hydrogen-bond donors (Lipinski definition) is 1. The minimum atomic E-state index is 0.225. The van der Waals surface area contributed by atoms with Crippen molar-refractivity contribution in [2.45, 2.75) is 12.8 Å². The number of rotatable bonds is 8. The van der Waals surface area contributed by atoms with Crippen LogP contribution in [-0.2, 0) is 4.74 Å². The Hall–Kier alpha value is -1.18. The molecule has 0 spiro atoms. The summed E-state index contributed by atoms with van der Waals surface area (Å²) in [5.74, 6) is 1.16. The Balaban J connectivity index is 1.77. The fraction of sp³-hybridized carbons (Fsp3) is 0.769. The standard InChI is InChI=1S/C13H23ClN6O/c1-19(2)8-10-21-9-5-15-12-16-11(14)17-13(18-12)20-6-3-4-7-20/h3-10H2,1-2H3,(H,15,16,17,18). The van der Waals surface area contributed by atoms with Crippen molar-refractivity contribution in [2.24, 2.45) is 0 Å². The summed E-state index contributed by atoms with van der Waals surface area (Å²) in [6, 6.07) is 0. The first-order valence-corrected chi connectivity index (χ1v) is 7.66. The molecule has 1 aromatic heterocycles. The van der Waals surface area contributed by atoms with Crippen LogP contribution in [0.5, 0.6) is 0 Å². The quantitative estimate of drug-likeness (QED) is 0.721. The third kappa shape index (κ3) is 5.61. The van der Waals surface area contributed by atoms with E-state index in [0.29, 0.717) is 31.7 Å². The Bertz CT molecular complexity index is 439. The number of ether oxygens (including phenoxy) is 1. The molecule has 0 amide bonds. The van der Waals surface area contributed by atoms with E-state index < -0.39 is 0 Å². The van der Waals surface area contributed by atoms with Gasteiger partial charge in [0.25, 0.3) is 0 Å². The van der Waals surface area contributed by atoms with Gasteiger partial charge in [0.15, 0.2) is 0 Å². The molecule has 7 nitrogen and oxygen atoms in total. The molecule has 0 aromatic carbocycles. The van der Waals surface area contributed by atoms with Crippen molar-refractivity contribution in [1.29, 1.82) is 0 Å². The normalized spacial score (nSPS) is 15.0. The number of hydrogen-bond acceptors (Lipinski definition) is 7. The number of halogens is 1. The zero-order chi connectivity index (χ0) is 15.1. The van der Waals surface area contributed by atoms with Crippen molar-refractivity contribution < 1.29 is 4.74 Å². The second kappa shape index (κ2) is 8.31. The van der Waals surface area contributed by atoms with Crippen LogP contribution in [0, 0.1) is 0 Å². The Morgan fingerprint density at radius 1 is 1.19 bits per heavy atom. The smallest absolute Gasteiger partial charge is 0.231 e. The molecule has 1 N–H and O–H groups in total. The van der Waals surface area contributed by atoms with Gasteiger partial charge in [-0.3, -0.25) is 0 Å². The maximum atomic E-state index is 5.96.